The molecule has 1 aliphatic heterocycles. The second-order valence-electron chi connectivity index (χ2n) is 7.49. The van der Waals surface area contributed by atoms with Crippen LogP contribution in [-0.4, -0.2) is 23.9 Å². The summed E-state index contributed by atoms with van der Waals surface area (Å²) in [6.45, 7) is 10.9. The van der Waals surface area contributed by atoms with Crippen LogP contribution in [0.1, 0.15) is 85.5 Å². The molecule has 0 aromatic rings. The van der Waals surface area contributed by atoms with E-state index in [9.17, 15) is 4.79 Å². The molecule has 124 valence electrons. The Kier molecular flexibility index (Phi) is 9.03. The van der Waals surface area contributed by atoms with Crippen LogP contribution < -0.4 is 0 Å². The Morgan fingerprint density at radius 3 is 2.29 bits per heavy atom. The molecule has 0 spiro atoms. The zero-order valence-corrected chi connectivity index (χ0v) is 14.9. The minimum atomic E-state index is 0.229. The summed E-state index contributed by atoms with van der Waals surface area (Å²) in [5.74, 6) is 2.34. The lowest BCUT2D eigenvalue weighted by Crippen LogP contribution is -2.41. The van der Waals surface area contributed by atoms with Gasteiger partial charge >= 0.3 is 0 Å². The zero-order valence-electron chi connectivity index (χ0n) is 14.9. The van der Waals surface area contributed by atoms with E-state index >= 15 is 0 Å². The second-order valence-corrected chi connectivity index (χ2v) is 7.49. The fraction of sp³-hybridized carbons (Fsp3) is 0.947. The number of unbranched alkanes of at least 4 members (excludes halogenated alkanes) is 2. The van der Waals surface area contributed by atoms with Crippen LogP contribution in [0.4, 0.5) is 0 Å². The van der Waals surface area contributed by atoms with E-state index in [0.29, 0.717) is 5.91 Å². The van der Waals surface area contributed by atoms with Crippen LogP contribution in [0.3, 0.4) is 0 Å². The first kappa shape index (κ1) is 18.5. The lowest BCUT2D eigenvalue weighted by Gasteiger charge is -2.33. The minimum Gasteiger partial charge on any atom is -0.342 e. The standard InChI is InChI=1S/C19H37NO/c1-5-6-10-17(4)19(21)20-14-12-18(13-15-20)11-8-7-9-16(2)3/h16-18H,5-15H2,1-4H3. The molecule has 21 heavy (non-hydrogen) atoms. The molecule has 0 aromatic heterocycles. The number of carbonyl (C=O) groups is 1. The maximum absolute atomic E-state index is 12.4. The van der Waals surface area contributed by atoms with Gasteiger partial charge in [-0.1, -0.05) is 66.2 Å². The van der Waals surface area contributed by atoms with Crippen molar-refractivity contribution < 1.29 is 4.79 Å². The maximum Gasteiger partial charge on any atom is 0.225 e. The SMILES string of the molecule is CCCCC(C)C(=O)N1CCC(CCCCC(C)C)CC1. The smallest absolute Gasteiger partial charge is 0.225 e. The molecular weight excluding hydrogens is 258 g/mol. The normalized spacial score (nSPS) is 18.2. The molecule has 0 N–H and O–H groups in total. The summed E-state index contributed by atoms with van der Waals surface area (Å²) in [7, 11) is 0. The maximum atomic E-state index is 12.4. The average Bonchev–Trinajstić information content (AvgIpc) is 2.49. The molecule has 0 radical (unpaired) electrons. The average molecular weight is 296 g/mol. The molecule has 0 aliphatic carbocycles. The number of amides is 1. The van der Waals surface area contributed by atoms with Crippen molar-refractivity contribution in [2.45, 2.75) is 85.5 Å². The Balaban J connectivity index is 2.17. The van der Waals surface area contributed by atoms with Crippen molar-refractivity contribution in [3.63, 3.8) is 0 Å². The summed E-state index contributed by atoms with van der Waals surface area (Å²) in [5.41, 5.74) is 0. The third kappa shape index (κ3) is 7.33. The Hall–Kier alpha value is -0.530. The van der Waals surface area contributed by atoms with Gasteiger partial charge in [0, 0.05) is 19.0 Å². The number of likely N-dealkylation sites (tertiary alicyclic amines) is 1. The number of nitrogens with zero attached hydrogens (tertiary/aromatic N) is 1. The van der Waals surface area contributed by atoms with Crippen LogP contribution in [-0.2, 0) is 4.79 Å². The third-order valence-electron chi connectivity index (χ3n) is 4.98. The van der Waals surface area contributed by atoms with Crippen molar-refractivity contribution in [1.82, 2.24) is 4.90 Å². The predicted molar refractivity (Wildman–Crippen MR) is 91.3 cm³/mol. The first-order valence-corrected chi connectivity index (χ1v) is 9.33. The molecule has 1 amide bonds. The van der Waals surface area contributed by atoms with Gasteiger partial charge in [0.25, 0.3) is 0 Å². The molecule has 2 nitrogen and oxygen atoms in total. The summed E-state index contributed by atoms with van der Waals surface area (Å²) < 4.78 is 0. The highest BCUT2D eigenvalue weighted by molar-refractivity contribution is 5.78. The summed E-state index contributed by atoms with van der Waals surface area (Å²) in [6.07, 6.45) is 11.4. The number of piperidine rings is 1. The summed E-state index contributed by atoms with van der Waals surface area (Å²) >= 11 is 0. The first-order valence-electron chi connectivity index (χ1n) is 9.33. The van der Waals surface area contributed by atoms with Crippen molar-refractivity contribution in [3.05, 3.63) is 0 Å². The van der Waals surface area contributed by atoms with Gasteiger partial charge < -0.3 is 4.90 Å². The topological polar surface area (TPSA) is 20.3 Å². The monoisotopic (exact) mass is 295 g/mol. The van der Waals surface area contributed by atoms with Crippen molar-refractivity contribution in [3.8, 4) is 0 Å². The van der Waals surface area contributed by atoms with Gasteiger partial charge in [-0.3, -0.25) is 4.79 Å². The van der Waals surface area contributed by atoms with E-state index in [0.717, 1.165) is 31.3 Å². The molecule has 1 atom stereocenters. The quantitative estimate of drug-likeness (QED) is 0.531. The van der Waals surface area contributed by atoms with Crippen molar-refractivity contribution >= 4 is 5.91 Å². The van der Waals surface area contributed by atoms with Crippen molar-refractivity contribution in [1.29, 1.82) is 0 Å². The number of rotatable bonds is 9. The molecule has 1 saturated heterocycles. The van der Waals surface area contributed by atoms with E-state index in [1.54, 1.807) is 0 Å². The lowest BCUT2D eigenvalue weighted by molar-refractivity contribution is -0.136. The molecule has 1 unspecified atom stereocenters. The Labute approximate surface area is 132 Å². The van der Waals surface area contributed by atoms with Gasteiger partial charge in [0.2, 0.25) is 5.91 Å². The van der Waals surface area contributed by atoms with E-state index in [2.05, 4.69) is 32.6 Å². The predicted octanol–water partition coefficient (Wildman–Crippen LogP) is 5.27. The van der Waals surface area contributed by atoms with Gasteiger partial charge in [-0.05, 0) is 31.1 Å². The molecule has 0 aromatic carbocycles. The van der Waals surface area contributed by atoms with Gasteiger partial charge in [0.05, 0.1) is 0 Å². The molecule has 2 heteroatoms. The van der Waals surface area contributed by atoms with E-state index in [-0.39, 0.29) is 5.92 Å². The van der Waals surface area contributed by atoms with E-state index in [4.69, 9.17) is 0 Å². The van der Waals surface area contributed by atoms with Gasteiger partial charge in [0.1, 0.15) is 0 Å². The largest absolute Gasteiger partial charge is 0.342 e. The van der Waals surface area contributed by atoms with Crippen LogP contribution in [0, 0.1) is 17.8 Å². The van der Waals surface area contributed by atoms with E-state index in [1.807, 2.05) is 0 Å². The molecule has 1 rings (SSSR count). The summed E-state index contributed by atoms with van der Waals surface area (Å²) in [4.78, 5) is 14.5. The third-order valence-corrected chi connectivity index (χ3v) is 4.98. The van der Waals surface area contributed by atoms with Crippen LogP contribution in [0.5, 0.6) is 0 Å². The second kappa shape index (κ2) is 10.2. The fourth-order valence-electron chi connectivity index (χ4n) is 3.37. The number of carbonyl (C=O) groups excluding carboxylic acids is 1. The lowest BCUT2D eigenvalue weighted by atomic mass is 9.90. The molecule has 1 aliphatic rings. The summed E-state index contributed by atoms with van der Waals surface area (Å²) in [5, 5.41) is 0. The molecule has 1 heterocycles. The molecular formula is C19H37NO. The van der Waals surface area contributed by atoms with E-state index in [1.165, 1.54) is 51.4 Å². The van der Waals surface area contributed by atoms with Gasteiger partial charge in [-0.25, -0.2) is 0 Å². The van der Waals surface area contributed by atoms with Crippen LogP contribution in [0.25, 0.3) is 0 Å². The summed E-state index contributed by atoms with van der Waals surface area (Å²) in [6, 6.07) is 0. The van der Waals surface area contributed by atoms with Gasteiger partial charge in [-0.15, -0.1) is 0 Å². The highest BCUT2D eigenvalue weighted by Gasteiger charge is 2.25. The Bertz CT molecular complexity index is 279. The van der Waals surface area contributed by atoms with Crippen LogP contribution >= 0.6 is 0 Å². The Morgan fingerprint density at radius 1 is 1.05 bits per heavy atom. The first-order chi connectivity index (χ1) is 10.0. The van der Waals surface area contributed by atoms with Crippen molar-refractivity contribution in [2.24, 2.45) is 17.8 Å². The highest BCUT2D eigenvalue weighted by Crippen LogP contribution is 2.25. The molecule has 0 saturated carbocycles. The van der Waals surface area contributed by atoms with E-state index < -0.39 is 0 Å². The Morgan fingerprint density at radius 2 is 1.71 bits per heavy atom. The van der Waals surface area contributed by atoms with Crippen LogP contribution in [0.2, 0.25) is 0 Å². The van der Waals surface area contributed by atoms with Crippen molar-refractivity contribution in [2.75, 3.05) is 13.1 Å². The molecule has 0 bridgehead atoms. The number of hydrogen-bond acceptors (Lipinski definition) is 1. The highest BCUT2D eigenvalue weighted by atomic mass is 16.2. The van der Waals surface area contributed by atoms with Crippen LogP contribution in [0.15, 0.2) is 0 Å². The zero-order chi connectivity index (χ0) is 15.7. The fourth-order valence-corrected chi connectivity index (χ4v) is 3.37. The minimum absolute atomic E-state index is 0.229. The number of hydrogen-bond donors (Lipinski definition) is 0. The molecule has 1 fully saturated rings. The van der Waals surface area contributed by atoms with Gasteiger partial charge in [-0.2, -0.15) is 0 Å². The van der Waals surface area contributed by atoms with Gasteiger partial charge in [0.15, 0.2) is 0 Å².